The third-order valence-electron chi connectivity index (χ3n) is 3.49. The Hall–Kier alpha value is -1.12. The van der Waals surface area contributed by atoms with Crippen LogP contribution in [0.1, 0.15) is 12.5 Å². The van der Waals surface area contributed by atoms with Crippen molar-refractivity contribution in [3.05, 3.63) is 29.8 Å². The number of hydrogen-bond acceptors (Lipinski definition) is 5. The van der Waals surface area contributed by atoms with E-state index in [0.717, 1.165) is 5.56 Å². The lowest BCUT2D eigenvalue weighted by atomic mass is 10.1. The van der Waals surface area contributed by atoms with Crippen LogP contribution < -0.4 is 10.0 Å². The first-order valence-electron chi connectivity index (χ1n) is 6.84. The Morgan fingerprint density at radius 2 is 2.14 bits per heavy atom. The normalized spacial score (nSPS) is 21.9. The van der Waals surface area contributed by atoms with E-state index in [9.17, 15) is 16.8 Å². The average molecular weight is 332 g/mol. The Morgan fingerprint density at radius 3 is 2.81 bits per heavy atom. The molecule has 0 radical (unpaired) electrons. The van der Waals surface area contributed by atoms with Gasteiger partial charge in [0, 0.05) is 18.8 Å². The molecule has 1 heterocycles. The minimum absolute atomic E-state index is 0.00183. The summed E-state index contributed by atoms with van der Waals surface area (Å²) < 4.78 is 49.6. The summed E-state index contributed by atoms with van der Waals surface area (Å²) in [4.78, 5) is 0. The first-order valence-corrected chi connectivity index (χ1v) is 10.2. The highest BCUT2D eigenvalue weighted by Gasteiger charge is 2.28. The van der Waals surface area contributed by atoms with Crippen LogP contribution in [0.5, 0.6) is 0 Å². The topological polar surface area (TPSA) is 92.3 Å². The first-order chi connectivity index (χ1) is 9.82. The van der Waals surface area contributed by atoms with E-state index in [1.807, 2.05) is 6.07 Å². The molecule has 1 aromatic carbocycles. The van der Waals surface area contributed by atoms with Gasteiger partial charge < -0.3 is 5.32 Å². The van der Waals surface area contributed by atoms with Gasteiger partial charge >= 0.3 is 0 Å². The van der Waals surface area contributed by atoms with E-state index in [4.69, 9.17) is 0 Å². The zero-order chi connectivity index (χ0) is 15.5. The van der Waals surface area contributed by atoms with Crippen LogP contribution in [0.25, 0.3) is 0 Å². The van der Waals surface area contributed by atoms with Gasteiger partial charge in [-0.15, -0.1) is 0 Å². The molecule has 0 bridgehead atoms. The molecule has 2 N–H and O–H groups in total. The molecule has 8 heteroatoms. The van der Waals surface area contributed by atoms with E-state index < -0.39 is 25.1 Å². The zero-order valence-electron chi connectivity index (χ0n) is 11.9. The quantitative estimate of drug-likeness (QED) is 0.813. The lowest BCUT2D eigenvalue weighted by molar-refractivity contribution is 0.544. The van der Waals surface area contributed by atoms with Gasteiger partial charge in [0.05, 0.1) is 16.8 Å². The number of sulfone groups is 1. The number of sulfonamides is 1. The molecule has 1 fully saturated rings. The molecule has 0 aliphatic carbocycles. The Morgan fingerprint density at radius 1 is 1.38 bits per heavy atom. The van der Waals surface area contributed by atoms with Crippen molar-refractivity contribution in [1.29, 1.82) is 0 Å². The fourth-order valence-electron chi connectivity index (χ4n) is 2.25. The van der Waals surface area contributed by atoms with E-state index in [0.29, 0.717) is 25.2 Å². The number of nitrogens with one attached hydrogen (secondary N) is 2. The second kappa shape index (κ2) is 6.33. The third kappa shape index (κ3) is 4.42. The molecule has 6 nitrogen and oxygen atoms in total. The van der Waals surface area contributed by atoms with Crippen LogP contribution in [0, 0.1) is 0 Å². The van der Waals surface area contributed by atoms with Crippen molar-refractivity contribution < 1.29 is 16.8 Å². The number of hydrogen-bond donors (Lipinski definition) is 2. The zero-order valence-corrected chi connectivity index (χ0v) is 13.5. The fraction of sp³-hybridized carbons (Fsp3) is 0.538. The van der Waals surface area contributed by atoms with Crippen LogP contribution >= 0.6 is 0 Å². The van der Waals surface area contributed by atoms with Gasteiger partial charge in [-0.3, -0.25) is 4.72 Å². The minimum Gasteiger partial charge on any atom is -0.314 e. The molecular weight excluding hydrogens is 312 g/mol. The van der Waals surface area contributed by atoms with Crippen LogP contribution in [0.4, 0.5) is 5.69 Å². The van der Waals surface area contributed by atoms with Crippen molar-refractivity contribution in [1.82, 2.24) is 5.32 Å². The van der Waals surface area contributed by atoms with Gasteiger partial charge in [-0.2, -0.15) is 0 Å². The predicted octanol–water partition coefficient (Wildman–Crippen LogP) is 0.377. The molecule has 21 heavy (non-hydrogen) atoms. The van der Waals surface area contributed by atoms with Crippen molar-refractivity contribution in [3.63, 3.8) is 0 Å². The van der Waals surface area contributed by atoms with Crippen molar-refractivity contribution in [2.45, 2.75) is 18.6 Å². The average Bonchev–Trinajstić information content (AvgIpc) is 2.41. The maximum Gasteiger partial charge on any atom is 0.232 e. The summed E-state index contributed by atoms with van der Waals surface area (Å²) >= 11 is 0. The van der Waals surface area contributed by atoms with Gasteiger partial charge in [-0.05, 0) is 31.0 Å². The minimum atomic E-state index is -3.33. The van der Waals surface area contributed by atoms with E-state index in [-0.39, 0.29) is 11.5 Å². The van der Waals surface area contributed by atoms with E-state index in [2.05, 4.69) is 10.0 Å². The molecule has 2 rings (SSSR count). The molecule has 1 aromatic rings. The number of benzene rings is 1. The summed E-state index contributed by atoms with van der Waals surface area (Å²) in [6.45, 7) is 2.49. The van der Waals surface area contributed by atoms with Crippen molar-refractivity contribution in [2.24, 2.45) is 0 Å². The van der Waals surface area contributed by atoms with E-state index in [1.54, 1.807) is 25.1 Å². The van der Waals surface area contributed by atoms with Crippen LogP contribution in [0.15, 0.2) is 24.3 Å². The second-order valence-electron chi connectivity index (χ2n) is 5.10. The predicted molar refractivity (Wildman–Crippen MR) is 83.7 cm³/mol. The monoisotopic (exact) mass is 332 g/mol. The largest absolute Gasteiger partial charge is 0.314 e. The lowest BCUT2D eigenvalue weighted by Crippen LogP contribution is -2.44. The number of rotatable bonds is 5. The molecule has 0 saturated carbocycles. The molecule has 0 aromatic heterocycles. The smallest absolute Gasteiger partial charge is 0.232 e. The summed E-state index contributed by atoms with van der Waals surface area (Å²) in [7, 11) is -6.40. The highest BCUT2D eigenvalue weighted by molar-refractivity contribution is 7.92. The third-order valence-corrected chi connectivity index (χ3v) is 6.92. The van der Waals surface area contributed by atoms with Crippen molar-refractivity contribution in [2.75, 3.05) is 29.3 Å². The molecule has 0 amide bonds. The van der Waals surface area contributed by atoms with Crippen LogP contribution in [-0.2, 0) is 26.3 Å². The maximum absolute atomic E-state index is 12.0. The highest BCUT2D eigenvalue weighted by Crippen LogP contribution is 2.17. The van der Waals surface area contributed by atoms with Crippen molar-refractivity contribution >= 4 is 25.5 Å². The molecule has 0 spiro atoms. The van der Waals surface area contributed by atoms with Gasteiger partial charge in [-0.1, -0.05) is 12.1 Å². The summed E-state index contributed by atoms with van der Waals surface area (Å²) in [5, 5.41) is 2.63. The molecular formula is C13H20N2O4S2. The van der Waals surface area contributed by atoms with E-state index in [1.165, 1.54) is 0 Å². The fourth-order valence-corrected chi connectivity index (χ4v) is 4.46. The van der Waals surface area contributed by atoms with Gasteiger partial charge in [0.25, 0.3) is 0 Å². The maximum atomic E-state index is 12.0. The SMILES string of the molecule is CCS(=O)(=O)Nc1cccc(CC2CNCCS2(=O)=O)c1. The molecule has 1 aliphatic heterocycles. The Labute approximate surface area is 125 Å². The van der Waals surface area contributed by atoms with Gasteiger partial charge in [0.1, 0.15) is 0 Å². The van der Waals surface area contributed by atoms with Gasteiger partial charge in [-0.25, -0.2) is 16.8 Å². The highest BCUT2D eigenvalue weighted by atomic mass is 32.2. The summed E-state index contributed by atoms with van der Waals surface area (Å²) in [5.74, 6) is 0.151. The van der Waals surface area contributed by atoms with Gasteiger partial charge in [0.15, 0.2) is 9.84 Å². The Kier molecular flexibility index (Phi) is 4.90. The number of anilines is 1. The van der Waals surface area contributed by atoms with Crippen LogP contribution in [0.3, 0.4) is 0 Å². The summed E-state index contributed by atoms with van der Waals surface area (Å²) in [6, 6.07) is 6.89. The van der Waals surface area contributed by atoms with Crippen molar-refractivity contribution in [3.8, 4) is 0 Å². The lowest BCUT2D eigenvalue weighted by Gasteiger charge is -2.23. The Bertz CT molecular complexity index is 699. The molecule has 1 saturated heterocycles. The van der Waals surface area contributed by atoms with Crippen LogP contribution in [-0.4, -0.2) is 46.7 Å². The van der Waals surface area contributed by atoms with Gasteiger partial charge in [0.2, 0.25) is 10.0 Å². The summed E-state index contributed by atoms with van der Waals surface area (Å²) in [5.41, 5.74) is 1.28. The molecule has 118 valence electrons. The van der Waals surface area contributed by atoms with E-state index >= 15 is 0 Å². The molecule has 1 aliphatic rings. The Balaban J connectivity index is 2.14. The standard InChI is InChI=1S/C13H20N2O4S2/c1-2-21(18,19)15-12-5-3-4-11(8-12)9-13-10-14-6-7-20(13,16)17/h3-5,8,13-15H,2,6-7,9-10H2,1H3. The van der Waals surface area contributed by atoms with Crippen LogP contribution in [0.2, 0.25) is 0 Å². The second-order valence-corrected chi connectivity index (χ2v) is 9.51. The molecule has 1 atom stereocenters. The summed E-state index contributed by atoms with van der Waals surface area (Å²) in [6.07, 6.45) is 0.386. The molecule has 1 unspecified atom stereocenters. The first kappa shape index (κ1) is 16.3.